The number of nitrogens with zero attached hydrogens (tertiary/aromatic N) is 2. The van der Waals surface area contributed by atoms with Crippen LogP contribution in [0.2, 0.25) is 0 Å². The molecule has 1 aromatic carbocycles. The summed E-state index contributed by atoms with van der Waals surface area (Å²) in [7, 11) is 0. The lowest BCUT2D eigenvalue weighted by Crippen LogP contribution is -2.18. The molecule has 0 spiro atoms. The summed E-state index contributed by atoms with van der Waals surface area (Å²) in [6.45, 7) is 3.68. The summed E-state index contributed by atoms with van der Waals surface area (Å²) < 4.78 is 40.5. The summed E-state index contributed by atoms with van der Waals surface area (Å²) in [6, 6.07) is 5.92. The first kappa shape index (κ1) is 23.7. The van der Waals surface area contributed by atoms with E-state index in [1.165, 1.54) is 23.6 Å². The zero-order valence-corrected chi connectivity index (χ0v) is 19.3. The first-order valence-electron chi connectivity index (χ1n) is 10.7. The number of nitrogens with one attached hydrogen (secondary N) is 1. The second kappa shape index (κ2) is 9.09. The molecule has 1 aliphatic carbocycles. The van der Waals surface area contributed by atoms with Gasteiger partial charge in [-0.25, -0.2) is 10.2 Å². The van der Waals surface area contributed by atoms with E-state index >= 15 is 0 Å². The number of amides is 1. The number of hydrogen-bond acceptors (Lipinski definition) is 4. The van der Waals surface area contributed by atoms with Gasteiger partial charge in [-0.2, -0.15) is 18.3 Å². The summed E-state index contributed by atoms with van der Waals surface area (Å²) in [5.41, 5.74) is 4.64. The van der Waals surface area contributed by atoms with E-state index in [0.29, 0.717) is 16.1 Å². The van der Waals surface area contributed by atoms with Crippen LogP contribution in [0, 0.1) is 13.8 Å². The minimum atomic E-state index is -4.55. The van der Waals surface area contributed by atoms with Gasteiger partial charge in [0.1, 0.15) is 5.00 Å². The van der Waals surface area contributed by atoms with Crippen molar-refractivity contribution in [3.63, 3.8) is 0 Å². The van der Waals surface area contributed by atoms with Crippen LogP contribution in [0.4, 0.5) is 13.2 Å². The lowest BCUT2D eigenvalue weighted by atomic mass is 9.95. The zero-order chi connectivity index (χ0) is 24.6. The van der Waals surface area contributed by atoms with Crippen LogP contribution in [0.3, 0.4) is 0 Å². The summed E-state index contributed by atoms with van der Waals surface area (Å²) in [6.07, 6.45) is 0.485. The van der Waals surface area contributed by atoms with Crippen molar-refractivity contribution in [2.24, 2.45) is 5.10 Å². The van der Waals surface area contributed by atoms with Crippen LogP contribution in [0.15, 0.2) is 35.4 Å². The molecule has 0 saturated heterocycles. The van der Waals surface area contributed by atoms with E-state index in [9.17, 15) is 27.9 Å². The number of thiophene rings is 1. The fourth-order valence-corrected chi connectivity index (χ4v) is 5.71. The first-order chi connectivity index (χ1) is 16.1. The molecule has 0 unspecified atom stereocenters. The van der Waals surface area contributed by atoms with Gasteiger partial charge in [-0.15, -0.1) is 11.3 Å². The molecule has 0 saturated carbocycles. The Morgan fingerprint density at radius 1 is 1.18 bits per heavy atom. The quantitative estimate of drug-likeness (QED) is 0.366. The summed E-state index contributed by atoms with van der Waals surface area (Å²) in [5, 5.41) is 14.5. The largest absolute Gasteiger partial charge is 0.478 e. The number of carboxylic acid groups (broad SMARTS) is 1. The van der Waals surface area contributed by atoms with E-state index in [1.54, 1.807) is 0 Å². The van der Waals surface area contributed by atoms with Crippen molar-refractivity contribution in [1.82, 2.24) is 9.99 Å². The Morgan fingerprint density at radius 3 is 2.62 bits per heavy atom. The Bertz CT molecular complexity index is 1300. The number of benzene rings is 1. The maximum absolute atomic E-state index is 12.9. The lowest BCUT2D eigenvalue weighted by molar-refractivity contribution is -0.137. The number of carboxylic acids is 1. The Morgan fingerprint density at radius 2 is 1.91 bits per heavy atom. The van der Waals surface area contributed by atoms with Gasteiger partial charge in [0, 0.05) is 27.4 Å². The van der Waals surface area contributed by atoms with Crippen LogP contribution in [0.25, 0.3) is 5.00 Å². The van der Waals surface area contributed by atoms with Gasteiger partial charge in [0.15, 0.2) is 0 Å². The molecule has 178 valence electrons. The number of aryl methyl sites for hydroxylation is 2. The van der Waals surface area contributed by atoms with Gasteiger partial charge in [0.2, 0.25) is 0 Å². The minimum absolute atomic E-state index is 0.160. The normalized spacial score (nSPS) is 13.8. The lowest BCUT2D eigenvalue weighted by Gasteiger charge is -2.11. The highest BCUT2D eigenvalue weighted by atomic mass is 32.1. The predicted molar refractivity (Wildman–Crippen MR) is 123 cm³/mol. The van der Waals surface area contributed by atoms with Crippen molar-refractivity contribution in [3.05, 3.63) is 74.4 Å². The molecule has 0 radical (unpaired) electrons. The first-order valence-corrected chi connectivity index (χ1v) is 11.5. The second-order valence-electron chi connectivity index (χ2n) is 8.14. The number of fused-ring (bicyclic) bond motifs is 1. The number of alkyl halides is 3. The third kappa shape index (κ3) is 4.50. The minimum Gasteiger partial charge on any atom is -0.478 e. The third-order valence-corrected chi connectivity index (χ3v) is 7.14. The van der Waals surface area contributed by atoms with Crippen LogP contribution in [0.1, 0.15) is 66.5 Å². The highest BCUT2D eigenvalue weighted by Gasteiger charge is 2.31. The highest BCUT2D eigenvalue weighted by molar-refractivity contribution is 7.15. The van der Waals surface area contributed by atoms with Gasteiger partial charge >= 0.3 is 12.1 Å². The topological polar surface area (TPSA) is 83.7 Å². The predicted octanol–water partition coefficient (Wildman–Crippen LogP) is 5.52. The number of carbonyl (C=O) groups is 2. The summed E-state index contributed by atoms with van der Waals surface area (Å²) in [5.74, 6) is -1.72. The van der Waals surface area contributed by atoms with E-state index in [-0.39, 0.29) is 5.56 Å². The fraction of sp³-hybridized carbons (Fsp3) is 0.292. The molecule has 4 rings (SSSR count). The van der Waals surface area contributed by atoms with E-state index in [4.69, 9.17) is 0 Å². The van der Waals surface area contributed by atoms with Gasteiger partial charge in [-0.3, -0.25) is 4.79 Å². The number of halogens is 3. The van der Waals surface area contributed by atoms with E-state index in [1.807, 2.05) is 24.5 Å². The van der Waals surface area contributed by atoms with Crippen molar-refractivity contribution in [2.75, 3.05) is 0 Å². The van der Waals surface area contributed by atoms with Gasteiger partial charge in [0.25, 0.3) is 5.91 Å². The Hall–Kier alpha value is -3.40. The third-order valence-electron chi connectivity index (χ3n) is 5.86. The molecule has 2 N–H and O–H groups in total. The van der Waals surface area contributed by atoms with E-state index in [0.717, 1.165) is 65.7 Å². The monoisotopic (exact) mass is 489 g/mol. The van der Waals surface area contributed by atoms with Crippen molar-refractivity contribution < 1.29 is 27.9 Å². The van der Waals surface area contributed by atoms with Crippen LogP contribution >= 0.6 is 11.3 Å². The van der Waals surface area contributed by atoms with Crippen molar-refractivity contribution >= 4 is 29.4 Å². The van der Waals surface area contributed by atoms with Gasteiger partial charge in [-0.1, -0.05) is 6.07 Å². The maximum Gasteiger partial charge on any atom is 0.416 e. The van der Waals surface area contributed by atoms with E-state index in [2.05, 4.69) is 10.5 Å². The summed E-state index contributed by atoms with van der Waals surface area (Å²) >= 11 is 1.49. The molecule has 10 heteroatoms. The van der Waals surface area contributed by atoms with Crippen LogP contribution in [-0.2, 0) is 19.0 Å². The molecule has 6 nitrogen and oxygen atoms in total. The molecule has 0 aliphatic heterocycles. The van der Waals surface area contributed by atoms with Gasteiger partial charge in [-0.05, 0) is 69.4 Å². The number of hydrogen-bond donors (Lipinski definition) is 2. The SMILES string of the molecule is Cc1cc(/C=N\NC(=O)c2cccc(C(F)(F)F)c2)c(C)n1-c1sc2c(c1C(=O)O)CCCC2. The fourth-order valence-electron chi connectivity index (χ4n) is 4.22. The molecule has 1 aliphatic rings. The van der Waals surface area contributed by atoms with E-state index < -0.39 is 23.6 Å². The van der Waals surface area contributed by atoms with Crippen molar-refractivity contribution in [3.8, 4) is 5.00 Å². The smallest absolute Gasteiger partial charge is 0.416 e. The highest BCUT2D eigenvalue weighted by Crippen LogP contribution is 2.38. The number of rotatable bonds is 5. The average molecular weight is 490 g/mol. The molecular formula is C24H22F3N3O3S. The molecule has 34 heavy (non-hydrogen) atoms. The molecule has 2 aromatic heterocycles. The standard InChI is InChI=1S/C24H22F3N3O3S/c1-13-10-16(12-28-29-21(31)15-6-5-7-17(11-15)24(25,26)27)14(2)30(13)22-20(23(32)33)18-8-3-4-9-19(18)34-22/h5-7,10-12H,3-4,8-9H2,1-2H3,(H,29,31)(H,32,33)/b28-12-. The van der Waals surface area contributed by atoms with Crippen LogP contribution in [0.5, 0.6) is 0 Å². The van der Waals surface area contributed by atoms with Crippen molar-refractivity contribution in [1.29, 1.82) is 0 Å². The Balaban J connectivity index is 1.59. The molecule has 0 atom stereocenters. The van der Waals surface area contributed by atoms with Crippen LogP contribution in [-0.4, -0.2) is 27.8 Å². The number of aromatic nitrogens is 1. The molecule has 0 fully saturated rings. The molecule has 1 amide bonds. The van der Waals surface area contributed by atoms with Crippen LogP contribution < -0.4 is 5.43 Å². The number of carbonyl (C=O) groups excluding carboxylic acids is 1. The molecule has 0 bridgehead atoms. The Kier molecular flexibility index (Phi) is 6.35. The number of aromatic carboxylic acids is 1. The molecule has 2 heterocycles. The second-order valence-corrected chi connectivity index (χ2v) is 9.22. The summed E-state index contributed by atoms with van der Waals surface area (Å²) in [4.78, 5) is 25.4. The van der Waals surface area contributed by atoms with Crippen molar-refractivity contribution in [2.45, 2.75) is 45.7 Å². The maximum atomic E-state index is 12.9. The van der Waals surface area contributed by atoms with Gasteiger partial charge < -0.3 is 9.67 Å². The Labute approximate surface area is 197 Å². The molecular weight excluding hydrogens is 467 g/mol. The molecule has 3 aromatic rings. The average Bonchev–Trinajstić information content (AvgIpc) is 3.29. The number of hydrazone groups is 1. The van der Waals surface area contributed by atoms with Gasteiger partial charge in [0.05, 0.1) is 17.3 Å². The zero-order valence-electron chi connectivity index (χ0n) is 18.5.